The van der Waals surface area contributed by atoms with Crippen molar-refractivity contribution < 1.29 is 21.9 Å². The van der Waals surface area contributed by atoms with Crippen LogP contribution in [-0.2, 0) is 13.8 Å². The second kappa shape index (κ2) is 7.01. The molecule has 0 saturated carbocycles. The Balaban J connectivity index is 2.70. The molecular formula is C11H13ClF2O3S. The van der Waals surface area contributed by atoms with E-state index in [1.807, 2.05) is 0 Å². The quantitative estimate of drug-likeness (QED) is 0.727. The zero-order valence-electron chi connectivity index (χ0n) is 9.43. The van der Waals surface area contributed by atoms with Crippen molar-refractivity contribution in [2.45, 2.75) is 12.3 Å². The van der Waals surface area contributed by atoms with Crippen LogP contribution >= 0.6 is 10.7 Å². The molecule has 0 aliphatic carbocycles. The number of hydrogen-bond donors (Lipinski definition) is 0. The van der Waals surface area contributed by atoms with Gasteiger partial charge in [-0.15, -0.1) is 0 Å². The van der Waals surface area contributed by atoms with Crippen molar-refractivity contribution in [3.05, 3.63) is 35.9 Å². The van der Waals surface area contributed by atoms with Gasteiger partial charge in [0.15, 0.2) is 0 Å². The molecule has 102 valence electrons. The summed E-state index contributed by atoms with van der Waals surface area (Å²) in [5.41, 5.74) is 0.691. The lowest BCUT2D eigenvalue weighted by Crippen LogP contribution is -2.18. The Labute approximate surface area is 109 Å². The van der Waals surface area contributed by atoms with Crippen LogP contribution in [0.4, 0.5) is 8.78 Å². The maximum absolute atomic E-state index is 12.0. The lowest BCUT2D eigenvalue weighted by molar-refractivity contribution is 0.0137. The minimum absolute atomic E-state index is 0.111. The highest BCUT2D eigenvalue weighted by Crippen LogP contribution is 2.20. The molecule has 1 aromatic rings. The summed E-state index contributed by atoms with van der Waals surface area (Å²) in [6.45, 7) is -0.827. The highest BCUT2D eigenvalue weighted by molar-refractivity contribution is 8.13. The van der Waals surface area contributed by atoms with Crippen LogP contribution in [0.25, 0.3) is 0 Å². The summed E-state index contributed by atoms with van der Waals surface area (Å²) in [5.74, 6) is -0.894. The highest BCUT2D eigenvalue weighted by atomic mass is 35.7. The summed E-state index contributed by atoms with van der Waals surface area (Å²) in [5, 5.41) is 0. The Morgan fingerprint density at radius 2 is 1.78 bits per heavy atom. The zero-order valence-corrected chi connectivity index (χ0v) is 11.0. The molecule has 0 saturated heterocycles. The third-order valence-electron chi connectivity index (χ3n) is 2.23. The summed E-state index contributed by atoms with van der Waals surface area (Å²) >= 11 is 0. The lowest BCUT2D eigenvalue weighted by Gasteiger charge is -2.15. The van der Waals surface area contributed by atoms with E-state index in [4.69, 9.17) is 15.4 Å². The van der Waals surface area contributed by atoms with Crippen molar-refractivity contribution in [1.82, 2.24) is 0 Å². The molecule has 1 unspecified atom stereocenters. The topological polar surface area (TPSA) is 43.4 Å². The van der Waals surface area contributed by atoms with Gasteiger partial charge in [0.05, 0.1) is 12.4 Å². The van der Waals surface area contributed by atoms with E-state index in [1.165, 1.54) is 0 Å². The first-order chi connectivity index (χ1) is 8.38. The molecule has 0 radical (unpaired) electrons. The van der Waals surface area contributed by atoms with Crippen molar-refractivity contribution in [1.29, 1.82) is 0 Å². The van der Waals surface area contributed by atoms with E-state index in [1.54, 1.807) is 30.3 Å². The monoisotopic (exact) mass is 298 g/mol. The second-order valence-corrected chi connectivity index (χ2v) is 6.56. The Kier molecular flexibility index (Phi) is 5.98. The van der Waals surface area contributed by atoms with Gasteiger partial charge in [-0.25, -0.2) is 17.2 Å². The van der Waals surface area contributed by atoms with Crippen molar-refractivity contribution in [3.8, 4) is 0 Å². The third-order valence-corrected chi connectivity index (χ3v) is 3.41. The summed E-state index contributed by atoms with van der Waals surface area (Å²) in [6, 6.07) is 8.65. The second-order valence-electron chi connectivity index (χ2n) is 3.74. The third kappa shape index (κ3) is 6.28. The molecular weight excluding hydrogens is 286 g/mol. The minimum Gasteiger partial charge on any atom is -0.375 e. The number of rotatable bonds is 7. The first-order valence-corrected chi connectivity index (χ1v) is 7.69. The van der Waals surface area contributed by atoms with Crippen molar-refractivity contribution in [3.63, 3.8) is 0 Å². The first-order valence-electron chi connectivity index (χ1n) is 5.21. The number of halogens is 3. The molecule has 1 rings (SSSR count). The van der Waals surface area contributed by atoms with E-state index in [9.17, 15) is 17.2 Å². The van der Waals surface area contributed by atoms with Gasteiger partial charge in [-0.3, -0.25) is 0 Å². The molecule has 0 N–H and O–H groups in total. The molecule has 0 aromatic heterocycles. The summed E-state index contributed by atoms with van der Waals surface area (Å²) < 4.78 is 50.8. The fourth-order valence-corrected chi connectivity index (χ4v) is 2.73. The average Bonchev–Trinajstić information content (AvgIpc) is 2.27. The van der Waals surface area contributed by atoms with Crippen LogP contribution in [0.15, 0.2) is 30.3 Å². The highest BCUT2D eigenvalue weighted by Gasteiger charge is 2.19. The number of benzene rings is 1. The molecule has 18 heavy (non-hydrogen) atoms. The normalized spacial score (nSPS) is 13.8. The van der Waals surface area contributed by atoms with E-state index in [0.29, 0.717) is 5.56 Å². The Morgan fingerprint density at radius 1 is 1.17 bits per heavy atom. The molecule has 0 bridgehead atoms. The molecule has 3 nitrogen and oxygen atoms in total. The van der Waals surface area contributed by atoms with E-state index >= 15 is 0 Å². The molecule has 0 heterocycles. The maximum atomic E-state index is 12.0. The standard InChI is InChI=1S/C11H13ClF2O3S/c12-18(15,16)8-10(6-17-7-11(13)14)9-4-2-1-3-5-9/h1-5,10-11H,6-8H2. The number of ether oxygens (including phenoxy) is 1. The van der Waals surface area contributed by atoms with Gasteiger partial charge in [-0.2, -0.15) is 0 Å². The van der Waals surface area contributed by atoms with E-state index < -0.39 is 28.0 Å². The summed E-state index contributed by atoms with van der Waals surface area (Å²) in [4.78, 5) is 0. The first kappa shape index (κ1) is 15.3. The molecule has 0 amide bonds. The lowest BCUT2D eigenvalue weighted by atomic mass is 10.0. The van der Waals surface area contributed by atoms with E-state index in [2.05, 4.69) is 0 Å². The van der Waals surface area contributed by atoms with Gasteiger partial charge in [0, 0.05) is 16.6 Å². The Morgan fingerprint density at radius 3 is 2.28 bits per heavy atom. The van der Waals surface area contributed by atoms with Crippen LogP contribution in [0.2, 0.25) is 0 Å². The number of alkyl halides is 2. The van der Waals surface area contributed by atoms with E-state index in [-0.39, 0.29) is 12.4 Å². The molecule has 0 fully saturated rings. The van der Waals surface area contributed by atoms with Crippen LogP contribution in [0.3, 0.4) is 0 Å². The molecule has 7 heteroatoms. The molecule has 0 aliphatic rings. The predicted molar refractivity (Wildman–Crippen MR) is 65.6 cm³/mol. The SMILES string of the molecule is O=S(=O)(Cl)CC(COCC(F)F)c1ccccc1. The van der Waals surface area contributed by atoms with Crippen LogP contribution in [0, 0.1) is 0 Å². The van der Waals surface area contributed by atoms with Crippen LogP contribution in [0.5, 0.6) is 0 Å². The van der Waals surface area contributed by atoms with Crippen molar-refractivity contribution in [2.24, 2.45) is 0 Å². The van der Waals surface area contributed by atoms with Gasteiger partial charge in [-0.1, -0.05) is 30.3 Å². The Hall–Kier alpha value is -0.720. The maximum Gasteiger partial charge on any atom is 0.261 e. The minimum atomic E-state index is -3.72. The van der Waals surface area contributed by atoms with Gasteiger partial charge in [0.2, 0.25) is 9.05 Å². The largest absolute Gasteiger partial charge is 0.375 e. The Bertz CT molecular complexity index is 451. The fourth-order valence-electron chi connectivity index (χ4n) is 1.51. The summed E-state index contributed by atoms with van der Waals surface area (Å²) in [7, 11) is 1.47. The van der Waals surface area contributed by atoms with Gasteiger partial charge in [0.1, 0.15) is 6.61 Å². The number of hydrogen-bond acceptors (Lipinski definition) is 3. The fraction of sp³-hybridized carbons (Fsp3) is 0.455. The molecule has 0 aliphatic heterocycles. The van der Waals surface area contributed by atoms with Crippen molar-refractivity contribution in [2.75, 3.05) is 19.0 Å². The van der Waals surface area contributed by atoms with Crippen LogP contribution in [-0.4, -0.2) is 33.8 Å². The average molecular weight is 299 g/mol. The van der Waals surface area contributed by atoms with E-state index in [0.717, 1.165) is 0 Å². The van der Waals surface area contributed by atoms with Gasteiger partial charge < -0.3 is 4.74 Å². The van der Waals surface area contributed by atoms with Crippen LogP contribution in [0.1, 0.15) is 11.5 Å². The van der Waals surface area contributed by atoms with Crippen LogP contribution < -0.4 is 0 Å². The molecule has 0 spiro atoms. The van der Waals surface area contributed by atoms with Gasteiger partial charge >= 0.3 is 0 Å². The summed E-state index contributed by atoms with van der Waals surface area (Å²) in [6.07, 6.45) is -2.57. The zero-order chi connectivity index (χ0) is 13.6. The molecule has 1 atom stereocenters. The predicted octanol–water partition coefficient (Wildman–Crippen LogP) is 2.62. The molecule has 1 aromatic carbocycles. The van der Waals surface area contributed by atoms with Gasteiger partial charge in [0.25, 0.3) is 6.43 Å². The van der Waals surface area contributed by atoms with Crippen molar-refractivity contribution >= 4 is 19.7 Å². The van der Waals surface area contributed by atoms with Gasteiger partial charge in [-0.05, 0) is 5.56 Å². The smallest absolute Gasteiger partial charge is 0.261 e.